The molecule has 2 aromatic carbocycles. The van der Waals surface area contributed by atoms with Crippen molar-refractivity contribution in [2.75, 3.05) is 11.1 Å². The number of nitrogen functional groups attached to an aromatic ring is 1. The predicted molar refractivity (Wildman–Crippen MR) is 124 cm³/mol. The summed E-state index contributed by atoms with van der Waals surface area (Å²) in [4.78, 5) is 26.6. The molecule has 172 valence electrons. The Bertz CT molecular complexity index is 1190. The van der Waals surface area contributed by atoms with Gasteiger partial charge in [-0.25, -0.2) is 9.37 Å². The summed E-state index contributed by atoms with van der Waals surface area (Å²) in [6.07, 6.45) is -0.392. The molecule has 10 heteroatoms. The van der Waals surface area contributed by atoms with Crippen molar-refractivity contribution >= 4 is 40.7 Å². The third kappa shape index (κ3) is 6.33. The summed E-state index contributed by atoms with van der Waals surface area (Å²) in [5, 5.41) is 25.1. The van der Waals surface area contributed by atoms with E-state index in [-0.39, 0.29) is 31.0 Å². The van der Waals surface area contributed by atoms with Crippen LogP contribution in [0.5, 0.6) is 5.75 Å². The van der Waals surface area contributed by atoms with E-state index in [1.54, 1.807) is 36.4 Å². The molecule has 0 spiro atoms. The predicted octanol–water partition coefficient (Wildman–Crippen LogP) is 4.38. The van der Waals surface area contributed by atoms with Gasteiger partial charge in [0.25, 0.3) is 0 Å². The van der Waals surface area contributed by atoms with E-state index in [4.69, 9.17) is 22.4 Å². The van der Waals surface area contributed by atoms with Gasteiger partial charge in [-0.1, -0.05) is 17.7 Å². The number of halogens is 2. The molecule has 0 aliphatic rings. The van der Waals surface area contributed by atoms with E-state index in [0.29, 0.717) is 38.8 Å². The normalized spacial score (nSPS) is 10.6. The Kier molecular flexibility index (Phi) is 7.68. The van der Waals surface area contributed by atoms with Crippen molar-refractivity contribution < 1.29 is 24.2 Å². The molecule has 0 saturated carbocycles. The van der Waals surface area contributed by atoms with Crippen molar-refractivity contribution in [3.63, 3.8) is 0 Å². The molecule has 1 heterocycles. The molecule has 33 heavy (non-hydrogen) atoms. The Balaban J connectivity index is 1.77. The first-order chi connectivity index (χ1) is 15.8. The second-order valence-corrected chi connectivity index (χ2v) is 7.64. The van der Waals surface area contributed by atoms with Crippen LogP contribution in [0.3, 0.4) is 0 Å². The summed E-state index contributed by atoms with van der Waals surface area (Å²) in [6, 6.07) is 12.9. The molecule has 0 aliphatic heterocycles. The summed E-state index contributed by atoms with van der Waals surface area (Å²) >= 11 is 5.93. The third-order valence-corrected chi connectivity index (χ3v) is 5.05. The number of aliphatic carboxylic acids is 1. The highest BCUT2D eigenvalue weighted by Gasteiger charge is 2.12. The lowest BCUT2D eigenvalue weighted by atomic mass is 10.1. The highest BCUT2D eigenvalue weighted by molar-refractivity contribution is 6.30. The highest BCUT2D eigenvalue weighted by Crippen LogP contribution is 2.33. The third-order valence-electron chi connectivity index (χ3n) is 4.82. The number of nitrogens with zero attached hydrogens (tertiary/aromatic N) is 1. The van der Waals surface area contributed by atoms with Crippen LogP contribution in [0.4, 0.5) is 21.6 Å². The molecule has 6 N–H and O–H groups in total. The van der Waals surface area contributed by atoms with Gasteiger partial charge in [-0.2, -0.15) is 0 Å². The quantitative estimate of drug-likeness (QED) is 0.291. The largest absolute Gasteiger partial charge is 0.507 e. The van der Waals surface area contributed by atoms with Gasteiger partial charge in [0, 0.05) is 46.1 Å². The molecule has 0 atom stereocenters. The number of aromatic nitrogens is 1. The van der Waals surface area contributed by atoms with Crippen molar-refractivity contribution in [3.8, 4) is 17.0 Å². The Morgan fingerprint density at radius 3 is 2.55 bits per heavy atom. The zero-order valence-corrected chi connectivity index (χ0v) is 18.2. The fraction of sp³-hybridized carbons (Fsp3) is 0.174. The highest BCUT2D eigenvalue weighted by atomic mass is 35.5. The Labute approximate surface area is 194 Å². The lowest BCUT2D eigenvalue weighted by molar-refractivity contribution is -0.138. The summed E-state index contributed by atoms with van der Waals surface area (Å²) in [6.45, 7) is -0.603. The van der Waals surface area contributed by atoms with Gasteiger partial charge in [0.1, 0.15) is 18.2 Å². The number of carbonyl (C=O) groups excluding carboxylic acids is 1. The molecule has 3 rings (SSSR count). The summed E-state index contributed by atoms with van der Waals surface area (Å²) in [5.41, 5.74) is 8.90. The molecule has 3 aromatic rings. The Morgan fingerprint density at radius 1 is 1.06 bits per heavy atom. The molecule has 0 saturated heterocycles. The number of carbonyl (C=O) groups is 2. The minimum absolute atomic E-state index is 0.0241. The number of anilines is 3. The van der Waals surface area contributed by atoms with Gasteiger partial charge in [0.05, 0.1) is 12.1 Å². The number of amides is 1. The average Bonchev–Trinajstić information content (AvgIpc) is 2.79. The van der Waals surface area contributed by atoms with Crippen molar-refractivity contribution in [2.45, 2.75) is 26.1 Å². The first-order valence-electron chi connectivity index (χ1n) is 9.95. The fourth-order valence-corrected chi connectivity index (χ4v) is 3.27. The number of benzene rings is 2. The van der Waals surface area contributed by atoms with Gasteiger partial charge in [-0.05, 0) is 42.5 Å². The first-order valence-corrected chi connectivity index (χ1v) is 10.3. The zero-order chi connectivity index (χ0) is 24.0. The number of hydrogen-bond donors (Lipinski definition) is 5. The summed E-state index contributed by atoms with van der Waals surface area (Å²) in [5.74, 6) is -1.33. The topological polar surface area (TPSA) is 138 Å². The zero-order valence-electron chi connectivity index (χ0n) is 17.4. The minimum atomic E-state index is -1.05. The number of carboxylic acid groups (broad SMARTS) is 1. The van der Waals surface area contributed by atoms with E-state index in [2.05, 4.69) is 15.6 Å². The summed E-state index contributed by atoms with van der Waals surface area (Å²) < 4.78 is 13.3. The maximum absolute atomic E-state index is 13.3. The maximum atomic E-state index is 13.3. The Morgan fingerprint density at radius 2 is 1.85 bits per heavy atom. The number of carboxylic acids is 1. The van der Waals surface area contributed by atoms with E-state index >= 15 is 0 Å². The lowest BCUT2D eigenvalue weighted by Gasteiger charge is -2.14. The van der Waals surface area contributed by atoms with Crippen molar-refractivity contribution in [2.24, 2.45) is 0 Å². The number of aromatic hydroxyl groups is 1. The standard InChI is InChI=1S/C23H22ClFN4O4/c24-15-2-5-18(14(9-15)11-25)28-16-3-6-20(30)17(10-16)19-4-1-13(23(26)29-19)12-27-21(31)7-8-22(32)33/h1-6,9-10,28,30H,7-8,11-12H2,(H2,26,29)(H,27,31)(H,32,33). The summed E-state index contributed by atoms with van der Waals surface area (Å²) in [7, 11) is 0. The fourth-order valence-electron chi connectivity index (χ4n) is 3.08. The minimum Gasteiger partial charge on any atom is -0.507 e. The molecule has 1 amide bonds. The molecule has 1 aromatic heterocycles. The molecule has 0 aliphatic carbocycles. The van der Waals surface area contributed by atoms with Crippen LogP contribution in [-0.4, -0.2) is 27.1 Å². The smallest absolute Gasteiger partial charge is 0.303 e. The number of nitrogens with one attached hydrogen (secondary N) is 2. The van der Waals surface area contributed by atoms with E-state index in [9.17, 15) is 19.1 Å². The van der Waals surface area contributed by atoms with Gasteiger partial charge in [-0.3, -0.25) is 9.59 Å². The number of nitrogens with two attached hydrogens (primary N) is 1. The van der Waals surface area contributed by atoms with Crippen LogP contribution in [0, 0.1) is 0 Å². The van der Waals surface area contributed by atoms with E-state index in [0.717, 1.165) is 0 Å². The first kappa shape index (κ1) is 23.8. The van der Waals surface area contributed by atoms with Crippen LogP contribution in [-0.2, 0) is 22.8 Å². The van der Waals surface area contributed by atoms with Gasteiger partial charge in [-0.15, -0.1) is 0 Å². The maximum Gasteiger partial charge on any atom is 0.303 e. The lowest BCUT2D eigenvalue weighted by Crippen LogP contribution is -2.23. The molecule has 0 bridgehead atoms. The SMILES string of the molecule is Nc1nc(-c2cc(Nc3ccc(Cl)cc3CF)ccc2O)ccc1CNC(=O)CCC(=O)O. The number of pyridine rings is 1. The van der Waals surface area contributed by atoms with Crippen LogP contribution in [0.15, 0.2) is 48.5 Å². The van der Waals surface area contributed by atoms with Crippen molar-refractivity contribution in [1.82, 2.24) is 10.3 Å². The monoisotopic (exact) mass is 472 g/mol. The molecule has 8 nitrogen and oxygen atoms in total. The van der Waals surface area contributed by atoms with Crippen LogP contribution in [0.25, 0.3) is 11.3 Å². The van der Waals surface area contributed by atoms with Gasteiger partial charge in [0.2, 0.25) is 5.91 Å². The van der Waals surface area contributed by atoms with Crippen molar-refractivity contribution in [1.29, 1.82) is 0 Å². The van der Waals surface area contributed by atoms with Crippen LogP contribution in [0.1, 0.15) is 24.0 Å². The molecule has 0 radical (unpaired) electrons. The number of alkyl halides is 1. The van der Waals surface area contributed by atoms with Gasteiger partial charge >= 0.3 is 5.97 Å². The Hall–Kier alpha value is -3.85. The van der Waals surface area contributed by atoms with E-state index < -0.39 is 18.6 Å². The average molecular weight is 473 g/mol. The van der Waals surface area contributed by atoms with Crippen LogP contribution < -0.4 is 16.4 Å². The van der Waals surface area contributed by atoms with Crippen LogP contribution in [0.2, 0.25) is 5.02 Å². The number of phenolic OH excluding ortho intramolecular Hbond substituents is 1. The van der Waals surface area contributed by atoms with E-state index in [1.165, 1.54) is 12.1 Å². The molecule has 0 unspecified atom stereocenters. The molecular weight excluding hydrogens is 451 g/mol. The number of rotatable bonds is 9. The number of hydrogen-bond acceptors (Lipinski definition) is 6. The van der Waals surface area contributed by atoms with Crippen molar-refractivity contribution in [3.05, 3.63) is 64.7 Å². The van der Waals surface area contributed by atoms with Crippen LogP contribution >= 0.6 is 11.6 Å². The second kappa shape index (κ2) is 10.6. The van der Waals surface area contributed by atoms with E-state index in [1.807, 2.05) is 0 Å². The number of phenols is 1. The molecule has 0 fully saturated rings. The second-order valence-electron chi connectivity index (χ2n) is 7.20. The van der Waals surface area contributed by atoms with Gasteiger partial charge < -0.3 is 26.6 Å². The van der Waals surface area contributed by atoms with Gasteiger partial charge in [0.15, 0.2) is 0 Å². The molecular formula is C23H22ClFN4O4.